The van der Waals surface area contributed by atoms with Crippen LogP contribution in [0.1, 0.15) is 28.0 Å². The van der Waals surface area contributed by atoms with Crippen molar-refractivity contribution in [2.75, 3.05) is 0 Å². The molecule has 0 radical (unpaired) electrons. The van der Waals surface area contributed by atoms with Gasteiger partial charge in [-0.15, -0.1) is 22.7 Å². The highest BCUT2D eigenvalue weighted by molar-refractivity contribution is 7.26. The third kappa shape index (κ3) is 5.29. The van der Waals surface area contributed by atoms with E-state index in [1.165, 1.54) is 101 Å². The van der Waals surface area contributed by atoms with Crippen molar-refractivity contribution in [2.45, 2.75) is 19.5 Å². The van der Waals surface area contributed by atoms with E-state index >= 15 is 0 Å². The number of benzene rings is 9. The van der Waals surface area contributed by atoms with Gasteiger partial charge in [-0.25, -0.2) is 0 Å². The minimum absolute atomic E-state index is 0.426. The maximum Gasteiger partial charge on any atom is 0.115 e. The van der Waals surface area contributed by atoms with Gasteiger partial charge in [0.25, 0.3) is 0 Å². The molecule has 0 unspecified atom stereocenters. The Hall–Kier alpha value is -7.18. The first-order valence-corrected chi connectivity index (χ1v) is 22.9. The summed E-state index contributed by atoms with van der Waals surface area (Å²) < 4.78 is 6.47. The van der Waals surface area contributed by atoms with Crippen molar-refractivity contribution in [2.24, 2.45) is 9.98 Å². The molecular weight excluding hydrogens is 791 g/mol. The maximum absolute atomic E-state index is 5.68. The Morgan fingerprint density at radius 1 is 0.565 bits per heavy atom. The summed E-state index contributed by atoms with van der Waals surface area (Å²) in [5.41, 5.74) is 10.0. The molecule has 13 rings (SSSR count). The smallest absolute Gasteiger partial charge is 0.115 e. The molecule has 3 heterocycles. The zero-order chi connectivity index (χ0) is 40.9. The van der Waals surface area contributed by atoms with Crippen LogP contribution >= 0.6 is 22.7 Å². The summed E-state index contributed by atoms with van der Waals surface area (Å²) in [6, 6.07) is 59.9. The Balaban J connectivity index is 1.10. The van der Waals surface area contributed by atoms with Crippen molar-refractivity contribution >= 4 is 131 Å². The lowest BCUT2D eigenvalue weighted by molar-refractivity contribution is 0.795. The molecule has 0 amide bonds. The maximum atomic E-state index is 5.68. The molecule has 0 fully saturated rings. The summed E-state index contributed by atoms with van der Waals surface area (Å²) in [6.45, 7) is 4.40. The van der Waals surface area contributed by atoms with Crippen LogP contribution in [-0.2, 0) is 13.1 Å². The highest BCUT2D eigenvalue weighted by Gasteiger charge is 2.24. The van der Waals surface area contributed by atoms with Crippen LogP contribution in [0.15, 0.2) is 180 Å². The van der Waals surface area contributed by atoms with E-state index in [0.717, 1.165) is 40.8 Å². The molecule has 0 saturated carbocycles. The largest absolute Gasteiger partial charge is 0.319 e. The highest BCUT2D eigenvalue weighted by atomic mass is 32.1. The number of para-hydroxylation sites is 1. The Morgan fingerprint density at radius 2 is 1.24 bits per heavy atom. The lowest BCUT2D eigenvalue weighted by Gasteiger charge is -2.14. The number of aryl methyl sites for hydroxylation is 1. The second kappa shape index (κ2) is 13.9. The SMILES string of the molecule is C=Nc1ccccc1/C(=N\Cn1c2ccc(-c3ccc4sc5ccc6ccccc6c5c4c3)cc2c2c3ccccc3c3c4c(sc3c21)CCC=C4)c1cccc2ccccc12. The average Bonchev–Trinajstić information content (AvgIpc) is 4.01. The highest BCUT2D eigenvalue weighted by Crippen LogP contribution is 2.49. The molecule has 292 valence electrons. The monoisotopic (exact) mass is 827 g/mol. The summed E-state index contributed by atoms with van der Waals surface area (Å²) >= 11 is 3.85. The van der Waals surface area contributed by atoms with Gasteiger partial charge < -0.3 is 4.57 Å². The van der Waals surface area contributed by atoms with Crippen LogP contribution in [0.2, 0.25) is 0 Å². The predicted octanol–water partition coefficient (Wildman–Crippen LogP) is 16.3. The molecule has 1 aliphatic carbocycles. The molecule has 12 aromatic rings. The van der Waals surface area contributed by atoms with Crippen molar-refractivity contribution in [1.29, 1.82) is 0 Å². The quantitative estimate of drug-likeness (QED) is 0.150. The van der Waals surface area contributed by atoms with Crippen molar-refractivity contribution in [3.63, 3.8) is 0 Å². The van der Waals surface area contributed by atoms with E-state index in [2.05, 4.69) is 180 Å². The molecule has 0 N–H and O–H groups in total. The van der Waals surface area contributed by atoms with Crippen LogP contribution in [0, 0.1) is 0 Å². The van der Waals surface area contributed by atoms with E-state index in [1.54, 1.807) is 0 Å². The number of hydrogen-bond acceptors (Lipinski definition) is 4. The van der Waals surface area contributed by atoms with Crippen molar-refractivity contribution in [3.8, 4) is 11.1 Å². The number of thiophene rings is 2. The summed E-state index contributed by atoms with van der Waals surface area (Å²) in [4.78, 5) is 11.6. The summed E-state index contributed by atoms with van der Waals surface area (Å²) in [5, 5.41) is 14.1. The van der Waals surface area contributed by atoms with Crippen LogP contribution in [0.3, 0.4) is 0 Å². The lowest BCUT2D eigenvalue weighted by Crippen LogP contribution is -2.08. The van der Waals surface area contributed by atoms with Gasteiger partial charge in [-0.1, -0.05) is 140 Å². The van der Waals surface area contributed by atoms with Crippen molar-refractivity contribution < 1.29 is 0 Å². The molecule has 9 aromatic carbocycles. The van der Waals surface area contributed by atoms with E-state index in [0.29, 0.717) is 6.67 Å². The van der Waals surface area contributed by atoms with E-state index in [-0.39, 0.29) is 0 Å². The van der Waals surface area contributed by atoms with E-state index in [1.807, 2.05) is 34.8 Å². The average molecular weight is 828 g/mol. The molecule has 3 nitrogen and oxygen atoms in total. The number of allylic oxidation sites excluding steroid dienone is 1. The number of aromatic nitrogens is 1. The van der Waals surface area contributed by atoms with Gasteiger partial charge in [0.2, 0.25) is 0 Å². The summed E-state index contributed by atoms with van der Waals surface area (Å²) in [5.74, 6) is 0. The molecule has 5 heteroatoms. The minimum atomic E-state index is 0.426. The summed E-state index contributed by atoms with van der Waals surface area (Å²) in [6.07, 6.45) is 6.85. The van der Waals surface area contributed by atoms with Gasteiger partial charge in [-0.05, 0) is 105 Å². The zero-order valence-corrected chi connectivity index (χ0v) is 35.4. The number of rotatable bonds is 6. The van der Waals surface area contributed by atoms with Gasteiger partial charge in [0.1, 0.15) is 6.67 Å². The zero-order valence-electron chi connectivity index (χ0n) is 33.7. The van der Waals surface area contributed by atoms with Crippen molar-refractivity contribution in [3.05, 3.63) is 191 Å². The number of fused-ring (bicyclic) bond motifs is 16. The van der Waals surface area contributed by atoms with Gasteiger partial charge in [-0.2, -0.15) is 0 Å². The van der Waals surface area contributed by atoms with Crippen LogP contribution in [-0.4, -0.2) is 17.0 Å². The molecule has 0 atom stereocenters. The lowest BCUT2D eigenvalue weighted by atomic mass is 9.95. The number of nitrogens with zero attached hydrogens (tertiary/aromatic N) is 3. The number of hydrogen-bond donors (Lipinski definition) is 0. The number of aliphatic imine (C=N–C) groups is 2. The first-order chi connectivity index (χ1) is 30.7. The van der Waals surface area contributed by atoms with Gasteiger partial charge in [0, 0.05) is 52.3 Å². The molecule has 1 aliphatic rings. The van der Waals surface area contributed by atoms with E-state index < -0.39 is 0 Å². The van der Waals surface area contributed by atoms with Gasteiger partial charge in [0.15, 0.2) is 0 Å². The Labute approximate surface area is 365 Å². The first-order valence-electron chi connectivity index (χ1n) is 21.2. The molecule has 0 saturated heterocycles. The van der Waals surface area contributed by atoms with Crippen molar-refractivity contribution in [1.82, 2.24) is 4.57 Å². The molecule has 0 spiro atoms. The Bertz CT molecular complexity index is 3920. The van der Waals surface area contributed by atoms with E-state index in [9.17, 15) is 0 Å². The predicted molar refractivity (Wildman–Crippen MR) is 271 cm³/mol. The normalized spacial score (nSPS) is 13.2. The second-order valence-corrected chi connectivity index (χ2v) is 18.5. The van der Waals surface area contributed by atoms with Crippen LogP contribution in [0.4, 0.5) is 5.69 Å². The fourth-order valence-corrected chi connectivity index (χ4v) is 12.7. The molecule has 62 heavy (non-hydrogen) atoms. The minimum Gasteiger partial charge on any atom is -0.319 e. The van der Waals surface area contributed by atoms with Gasteiger partial charge in [-0.3, -0.25) is 9.98 Å². The topological polar surface area (TPSA) is 29.6 Å². The molecule has 3 aromatic heterocycles. The van der Waals surface area contributed by atoms with E-state index in [4.69, 9.17) is 4.99 Å². The third-order valence-corrected chi connectivity index (χ3v) is 15.4. The third-order valence-electron chi connectivity index (χ3n) is 13.0. The van der Waals surface area contributed by atoms with Crippen LogP contribution in [0.25, 0.3) is 102 Å². The summed E-state index contributed by atoms with van der Waals surface area (Å²) in [7, 11) is 0. The molecule has 0 bridgehead atoms. The fourth-order valence-electron chi connectivity index (χ4n) is 10.2. The fraction of sp³-hybridized carbons (Fsp3) is 0.0526. The van der Waals surface area contributed by atoms with Crippen LogP contribution in [0.5, 0.6) is 0 Å². The van der Waals surface area contributed by atoms with Gasteiger partial charge >= 0.3 is 0 Å². The van der Waals surface area contributed by atoms with Gasteiger partial charge in [0.05, 0.1) is 27.1 Å². The molecule has 0 aliphatic heterocycles. The Morgan fingerprint density at radius 3 is 2.10 bits per heavy atom. The standard InChI is InChI=1S/C57H37N3S2/c1-58-47-23-10-8-20-43(47)55(42-22-12-15-34-13-2-4-16-38(34)42)59-33-60-48-28-25-36(37-27-29-50-46(32-37)52-39-17-5-3-14-35(39)26-30-51(52)61-50)31-45(48)53-40-18-6-7-19-41(40)54-44-21-9-11-24-49(44)62-57(54)56(53)60/h2-10,12-23,25-32H,1,11,24,33H2/b59-55-. The van der Waals surface area contributed by atoms with Crippen LogP contribution < -0.4 is 0 Å². The molecular formula is C57H37N3S2. The first kappa shape index (κ1) is 35.6. The second-order valence-electron chi connectivity index (χ2n) is 16.3. The Kier molecular flexibility index (Phi) is 7.99.